The van der Waals surface area contributed by atoms with Gasteiger partial charge < -0.3 is 10.2 Å². The number of aryl methyl sites for hydroxylation is 2. The maximum atomic E-state index is 13.4. The molecule has 0 aliphatic rings. The molecule has 0 radical (unpaired) electrons. The minimum atomic E-state index is -3.53. The molecule has 0 aromatic heterocycles. The second-order valence-corrected chi connectivity index (χ2v) is 11.4. The topological polar surface area (TPSA) is 86.8 Å². The number of nitrogens with one attached hydrogen (secondary N) is 1. The minimum Gasteiger partial charge on any atom is -0.354 e. The SMILES string of the molecule is CCCCNC(=O)[C@H](C)N(Cc1ccc(C)cc1)C(=O)CCCN(c1cccc(C)c1C)S(C)(=O)=O. The van der Waals surface area contributed by atoms with Crippen LogP contribution in [-0.2, 0) is 26.2 Å². The average Bonchev–Trinajstić information content (AvgIpc) is 2.82. The van der Waals surface area contributed by atoms with E-state index in [4.69, 9.17) is 0 Å². The second kappa shape index (κ2) is 13.4. The molecular formula is C28H41N3O4S. The van der Waals surface area contributed by atoms with Crippen LogP contribution in [0.4, 0.5) is 5.69 Å². The number of hydrogen-bond donors (Lipinski definition) is 1. The summed E-state index contributed by atoms with van der Waals surface area (Å²) in [4.78, 5) is 27.7. The molecule has 2 aromatic rings. The number of rotatable bonds is 13. The normalized spacial score (nSPS) is 12.2. The Balaban J connectivity index is 2.17. The number of unbranched alkanes of at least 4 members (excludes halogenated alkanes) is 1. The van der Waals surface area contributed by atoms with Gasteiger partial charge in [-0.3, -0.25) is 13.9 Å². The summed E-state index contributed by atoms with van der Waals surface area (Å²) >= 11 is 0. The zero-order valence-electron chi connectivity index (χ0n) is 22.5. The van der Waals surface area contributed by atoms with E-state index in [1.165, 1.54) is 10.6 Å². The van der Waals surface area contributed by atoms with Crippen LogP contribution in [0.25, 0.3) is 0 Å². The van der Waals surface area contributed by atoms with Gasteiger partial charge in [-0.05, 0) is 63.3 Å². The van der Waals surface area contributed by atoms with Crippen molar-refractivity contribution in [1.82, 2.24) is 10.2 Å². The standard InChI is InChI=1S/C28H41N3O4S/c1-7-8-18-29-28(33)24(5)30(20-25-16-14-21(2)15-17-25)27(32)13-10-19-31(36(6,34)35)26-12-9-11-22(3)23(26)4/h9,11-12,14-17,24H,7-8,10,13,18-20H2,1-6H3,(H,29,33)/t24-/m0/s1. The average molecular weight is 516 g/mol. The number of carbonyl (C=O) groups is 2. The van der Waals surface area contributed by atoms with Crippen molar-refractivity contribution in [2.45, 2.75) is 72.9 Å². The number of anilines is 1. The van der Waals surface area contributed by atoms with Crippen molar-refractivity contribution in [3.05, 3.63) is 64.7 Å². The molecule has 0 saturated heterocycles. The first-order valence-corrected chi connectivity index (χ1v) is 14.5. The van der Waals surface area contributed by atoms with E-state index in [1.807, 2.05) is 57.2 Å². The lowest BCUT2D eigenvalue weighted by Gasteiger charge is -2.30. The third-order valence-corrected chi connectivity index (χ3v) is 7.65. The number of benzene rings is 2. The van der Waals surface area contributed by atoms with Gasteiger partial charge in [0.25, 0.3) is 0 Å². The third-order valence-electron chi connectivity index (χ3n) is 6.47. The predicted molar refractivity (Wildman–Crippen MR) is 146 cm³/mol. The van der Waals surface area contributed by atoms with Crippen LogP contribution in [0.5, 0.6) is 0 Å². The number of nitrogens with zero attached hydrogens (tertiary/aromatic N) is 2. The highest BCUT2D eigenvalue weighted by molar-refractivity contribution is 7.92. The van der Waals surface area contributed by atoms with Crippen LogP contribution < -0.4 is 9.62 Å². The monoisotopic (exact) mass is 515 g/mol. The summed E-state index contributed by atoms with van der Waals surface area (Å²) in [6, 6.07) is 12.8. The summed E-state index contributed by atoms with van der Waals surface area (Å²) in [6.07, 6.45) is 3.51. The van der Waals surface area contributed by atoms with Crippen LogP contribution >= 0.6 is 0 Å². The molecule has 8 heteroatoms. The maximum Gasteiger partial charge on any atom is 0.242 e. The van der Waals surface area contributed by atoms with Crippen LogP contribution in [0.15, 0.2) is 42.5 Å². The highest BCUT2D eigenvalue weighted by atomic mass is 32.2. The fraction of sp³-hybridized carbons (Fsp3) is 0.500. The van der Waals surface area contributed by atoms with E-state index in [1.54, 1.807) is 17.9 Å². The Hall–Kier alpha value is -2.87. The van der Waals surface area contributed by atoms with Crippen LogP contribution in [0.1, 0.15) is 61.8 Å². The van der Waals surface area contributed by atoms with E-state index < -0.39 is 16.1 Å². The van der Waals surface area contributed by atoms with Gasteiger partial charge in [0.15, 0.2) is 0 Å². The first kappa shape index (κ1) is 29.4. The van der Waals surface area contributed by atoms with Crippen molar-refractivity contribution in [3.8, 4) is 0 Å². The Bertz CT molecular complexity index is 1130. The fourth-order valence-corrected chi connectivity index (χ4v) is 5.01. The first-order valence-electron chi connectivity index (χ1n) is 12.6. The van der Waals surface area contributed by atoms with Crippen molar-refractivity contribution in [2.75, 3.05) is 23.7 Å². The van der Waals surface area contributed by atoms with Gasteiger partial charge in [0.1, 0.15) is 6.04 Å². The van der Waals surface area contributed by atoms with Crippen LogP contribution in [0, 0.1) is 20.8 Å². The maximum absolute atomic E-state index is 13.4. The molecule has 2 amide bonds. The van der Waals surface area contributed by atoms with Crippen molar-refractivity contribution >= 4 is 27.5 Å². The number of sulfonamides is 1. The smallest absolute Gasteiger partial charge is 0.242 e. The van der Waals surface area contributed by atoms with Gasteiger partial charge in [0, 0.05) is 26.1 Å². The van der Waals surface area contributed by atoms with E-state index in [9.17, 15) is 18.0 Å². The first-order chi connectivity index (χ1) is 17.0. The molecule has 2 rings (SSSR count). The van der Waals surface area contributed by atoms with Crippen LogP contribution in [0.3, 0.4) is 0 Å². The van der Waals surface area contributed by atoms with E-state index >= 15 is 0 Å². The van der Waals surface area contributed by atoms with Crippen molar-refractivity contribution in [3.63, 3.8) is 0 Å². The highest BCUT2D eigenvalue weighted by Gasteiger charge is 2.26. The lowest BCUT2D eigenvalue weighted by Crippen LogP contribution is -2.48. The lowest BCUT2D eigenvalue weighted by molar-refractivity contribution is -0.140. The Kier molecular flexibility index (Phi) is 11.0. The van der Waals surface area contributed by atoms with Gasteiger partial charge >= 0.3 is 0 Å². The molecule has 36 heavy (non-hydrogen) atoms. The predicted octanol–water partition coefficient (Wildman–Crippen LogP) is 4.49. The molecule has 7 nitrogen and oxygen atoms in total. The molecule has 0 heterocycles. The molecule has 0 fully saturated rings. The fourth-order valence-electron chi connectivity index (χ4n) is 4.00. The quantitative estimate of drug-likeness (QED) is 0.398. The molecule has 0 unspecified atom stereocenters. The van der Waals surface area contributed by atoms with Crippen molar-refractivity contribution in [1.29, 1.82) is 0 Å². The molecule has 0 aliphatic heterocycles. The number of carbonyl (C=O) groups excluding carboxylic acids is 2. The third kappa shape index (κ3) is 8.36. The van der Waals surface area contributed by atoms with E-state index in [-0.39, 0.29) is 24.8 Å². The largest absolute Gasteiger partial charge is 0.354 e. The van der Waals surface area contributed by atoms with Gasteiger partial charge in [-0.15, -0.1) is 0 Å². The van der Waals surface area contributed by atoms with E-state index in [2.05, 4.69) is 12.2 Å². The summed E-state index contributed by atoms with van der Waals surface area (Å²) < 4.78 is 26.5. The molecule has 0 aliphatic carbocycles. The Morgan fingerprint density at radius 2 is 1.67 bits per heavy atom. The second-order valence-electron chi connectivity index (χ2n) is 9.49. The molecule has 0 saturated carbocycles. The molecule has 2 aromatic carbocycles. The van der Waals surface area contributed by atoms with Crippen LogP contribution in [-0.4, -0.2) is 50.5 Å². The summed E-state index contributed by atoms with van der Waals surface area (Å²) in [7, 11) is -3.53. The van der Waals surface area contributed by atoms with Crippen LogP contribution in [0.2, 0.25) is 0 Å². The minimum absolute atomic E-state index is 0.134. The lowest BCUT2D eigenvalue weighted by atomic mass is 10.1. The van der Waals surface area contributed by atoms with Gasteiger partial charge in [0.2, 0.25) is 21.8 Å². The van der Waals surface area contributed by atoms with E-state index in [0.29, 0.717) is 25.2 Å². The Morgan fingerprint density at radius 3 is 2.28 bits per heavy atom. The number of amides is 2. The Morgan fingerprint density at radius 1 is 1.00 bits per heavy atom. The molecule has 1 N–H and O–H groups in total. The summed E-state index contributed by atoms with van der Waals surface area (Å²) in [6.45, 7) is 10.7. The molecule has 1 atom stereocenters. The van der Waals surface area contributed by atoms with Gasteiger partial charge in [-0.25, -0.2) is 8.42 Å². The van der Waals surface area contributed by atoms with E-state index in [0.717, 1.165) is 35.1 Å². The molecular weight excluding hydrogens is 474 g/mol. The zero-order chi connectivity index (χ0) is 26.9. The van der Waals surface area contributed by atoms with Gasteiger partial charge in [-0.1, -0.05) is 55.3 Å². The number of hydrogen-bond acceptors (Lipinski definition) is 4. The van der Waals surface area contributed by atoms with Gasteiger partial charge in [0.05, 0.1) is 11.9 Å². The summed E-state index contributed by atoms with van der Waals surface area (Å²) in [5, 5.41) is 2.92. The van der Waals surface area contributed by atoms with Gasteiger partial charge in [-0.2, -0.15) is 0 Å². The molecule has 0 spiro atoms. The summed E-state index contributed by atoms with van der Waals surface area (Å²) in [5.41, 5.74) is 4.59. The molecule has 0 bridgehead atoms. The zero-order valence-corrected chi connectivity index (χ0v) is 23.3. The summed E-state index contributed by atoms with van der Waals surface area (Å²) in [5.74, 6) is -0.361. The van der Waals surface area contributed by atoms with Crippen molar-refractivity contribution in [2.24, 2.45) is 0 Å². The highest BCUT2D eigenvalue weighted by Crippen LogP contribution is 2.25. The Labute approximate surface area is 216 Å². The molecule has 198 valence electrons. The van der Waals surface area contributed by atoms with Crippen molar-refractivity contribution < 1.29 is 18.0 Å².